The number of fused-ring (bicyclic) bond motifs is 1. The molecule has 0 radical (unpaired) electrons. The summed E-state index contributed by atoms with van der Waals surface area (Å²) < 4.78 is 5.53. The van der Waals surface area contributed by atoms with Crippen molar-refractivity contribution in [1.29, 1.82) is 10.5 Å². The van der Waals surface area contributed by atoms with Crippen molar-refractivity contribution < 1.29 is 4.74 Å². The van der Waals surface area contributed by atoms with Crippen molar-refractivity contribution in [3.8, 4) is 12.1 Å². The van der Waals surface area contributed by atoms with Crippen LogP contribution < -0.4 is 0 Å². The molecule has 22 heavy (non-hydrogen) atoms. The molecule has 104 valence electrons. The zero-order valence-corrected chi connectivity index (χ0v) is 12.0. The minimum atomic E-state index is 0.0773. The first-order valence-electron chi connectivity index (χ1n) is 6.81. The number of rotatable bonds is 1. The van der Waals surface area contributed by atoms with Gasteiger partial charge in [-0.15, -0.1) is 0 Å². The number of allylic oxidation sites excluding steroid dienone is 4. The molecule has 3 rings (SSSR count). The van der Waals surface area contributed by atoms with E-state index in [4.69, 9.17) is 15.3 Å². The van der Waals surface area contributed by atoms with E-state index in [0.717, 1.165) is 10.9 Å². The second kappa shape index (κ2) is 5.60. The van der Waals surface area contributed by atoms with E-state index < -0.39 is 0 Å². The molecule has 0 amide bonds. The van der Waals surface area contributed by atoms with Crippen molar-refractivity contribution in [2.75, 3.05) is 0 Å². The third-order valence-electron chi connectivity index (χ3n) is 3.52. The van der Waals surface area contributed by atoms with Crippen LogP contribution in [-0.4, -0.2) is 0 Å². The van der Waals surface area contributed by atoms with Crippen molar-refractivity contribution in [3.05, 3.63) is 77.1 Å². The second-order valence-electron chi connectivity index (χ2n) is 5.05. The molecule has 0 aromatic heterocycles. The highest BCUT2D eigenvalue weighted by Crippen LogP contribution is 2.27. The quantitative estimate of drug-likeness (QED) is 0.730. The van der Waals surface area contributed by atoms with Crippen molar-refractivity contribution in [1.82, 2.24) is 0 Å². The smallest absolute Gasteiger partial charge is 0.137 e. The normalized spacial score (nSPS) is 13.0. The van der Waals surface area contributed by atoms with Crippen LogP contribution in [0.3, 0.4) is 0 Å². The molecule has 0 N–H and O–H groups in total. The fraction of sp³-hybridized carbons (Fsp3) is 0.0526. The lowest BCUT2D eigenvalue weighted by Gasteiger charge is -2.12. The average Bonchev–Trinajstić information content (AvgIpc) is 2.56. The molecule has 1 heterocycles. The van der Waals surface area contributed by atoms with Crippen LogP contribution in [0, 0.1) is 29.6 Å². The first kappa shape index (κ1) is 13.7. The Hall–Kier alpha value is -3.30. The zero-order valence-electron chi connectivity index (χ0n) is 12.0. The molecule has 0 bridgehead atoms. The molecular weight excluding hydrogens is 272 g/mol. The monoisotopic (exact) mass is 284 g/mol. The van der Waals surface area contributed by atoms with Crippen LogP contribution in [0.5, 0.6) is 0 Å². The zero-order chi connectivity index (χ0) is 15.5. The van der Waals surface area contributed by atoms with Crippen LogP contribution in [0.25, 0.3) is 16.5 Å². The third-order valence-corrected chi connectivity index (χ3v) is 3.52. The lowest BCUT2D eigenvalue weighted by atomic mass is 10.0. The van der Waals surface area contributed by atoms with Gasteiger partial charge >= 0.3 is 0 Å². The van der Waals surface area contributed by atoms with Gasteiger partial charge in [0.25, 0.3) is 0 Å². The first-order valence-corrected chi connectivity index (χ1v) is 6.81. The van der Waals surface area contributed by atoms with Gasteiger partial charge in [-0.25, -0.2) is 0 Å². The predicted molar refractivity (Wildman–Crippen MR) is 85.1 cm³/mol. The van der Waals surface area contributed by atoms with Gasteiger partial charge in [0.1, 0.15) is 23.5 Å². The van der Waals surface area contributed by atoms with Crippen LogP contribution in [0.15, 0.2) is 66.0 Å². The standard InChI is InChI=1S/C19H12N2O/c1-13-2-3-15-9-17(5-4-14(15)8-13)19-10-16(6-7-22-19)18(11-20)12-21/h2-10H,1H3. The van der Waals surface area contributed by atoms with E-state index >= 15 is 0 Å². The number of nitrogens with zero attached hydrogens (tertiary/aromatic N) is 2. The molecule has 0 atom stereocenters. The molecule has 0 aliphatic carbocycles. The molecular formula is C19H12N2O. The van der Waals surface area contributed by atoms with Gasteiger partial charge in [-0.2, -0.15) is 10.5 Å². The summed E-state index contributed by atoms with van der Waals surface area (Å²) in [7, 11) is 0. The van der Waals surface area contributed by atoms with Gasteiger partial charge < -0.3 is 4.74 Å². The molecule has 2 aromatic rings. The van der Waals surface area contributed by atoms with Gasteiger partial charge in [0, 0.05) is 11.1 Å². The van der Waals surface area contributed by atoms with E-state index in [1.165, 1.54) is 17.2 Å². The maximum absolute atomic E-state index is 8.97. The number of ether oxygens (including phenoxy) is 1. The highest BCUT2D eigenvalue weighted by Gasteiger charge is 2.11. The number of aryl methyl sites for hydroxylation is 1. The number of benzene rings is 2. The summed E-state index contributed by atoms with van der Waals surface area (Å²) in [5, 5.41) is 20.2. The SMILES string of the molecule is Cc1ccc2cc(C3=CC(=C(C#N)C#N)C=CO3)ccc2c1. The van der Waals surface area contributed by atoms with Crippen molar-refractivity contribution in [2.24, 2.45) is 0 Å². The number of nitriles is 2. The van der Waals surface area contributed by atoms with Crippen LogP contribution in [0.2, 0.25) is 0 Å². The summed E-state index contributed by atoms with van der Waals surface area (Å²) in [5.41, 5.74) is 2.77. The summed E-state index contributed by atoms with van der Waals surface area (Å²) in [6, 6.07) is 16.1. The Morgan fingerprint density at radius 3 is 2.50 bits per heavy atom. The van der Waals surface area contributed by atoms with Crippen LogP contribution in [-0.2, 0) is 4.74 Å². The predicted octanol–water partition coefficient (Wildman–Crippen LogP) is 4.38. The summed E-state index contributed by atoms with van der Waals surface area (Å²) >= 11 is 0. The molecule has 3 nitrogen and oxygen atoms in total. The fourth-order valence-corrected chi connectivity index (χ4v) is 2.38. The Morgan fingerprint density at radius 1 is 1.00 bits per heavy atom. The Labute approximate surface area is 128 Å². The van der Waals surface area contributed by atoms with Gasteiger partial charge in [0.2, 0.25) is 0 Å². The summed E-state index contributed by atoms with van der Waals surface area (Å²) in [6.07, 6.45) is 4.84. The Balaban J connectivity index is 2.08. The summed E-state index contributed by atoms with van der Waals surface area (Å²) in [5.74, 6) is 0.628. The van der Waals surface area contributed by atoms with Crippen LogP contribution in [0.4, 0.5) is 0 Å². The van der Waals surface area contributed by atoms with Gasteiger partial charge in [0.15, 0.2) is 0 Å². The Kier molecular flexibility index (Phi) is 3.48. The van der Waals surface area contributed by atoms with Gasteiger partial charge in [0.05, 0.1) is 6.26 Å². The number of hydrogen-bond donors (Lipinski definition) is 0. The molecule has 0 saturated heterocycles. The maximum Gasteiger partial charge on any atom is 0.137 e. The highest BCUT2D eigenvalue weighted by atomic mass is 16.5. The van der Waals surface area contributed by atoms with Crippen LogP contribution >= 0.6 is 0 Å². The van der Waals surface area contributed by atoms with E-state index in [0.29, 0.717) is 11.3 Å². The van der Waals surface area contributed by atoms with E-state index in [9.17, 15) is 0 Å². The molecule has 1 aliphatic rings. The minimum Gasteiger partial charge on any atom is -0.464 e. The largest absolute Gasteiger partial charge is 0.464 e. The van der Waals surface area contributed by atoms with Crippen LogP contribution in [0.1, 0.15) is 11.1 Å². The topological polar surface area (TPSA) is 56.8 Å². The highest BCUT2D eigenvalue weighted by molar-refractivity contribution is 5.86. The molecule has 0 spiro atoms. The second-order valence-corrected chi connectivity index (χ2v) is 5.05. The Morgan fingerprint density at radius 2 is 1.73 bits per heavy atom. The van der Waals surface area contributed by atoms with E-state index in [1.807, 2.05) is 30.3 Å². The van der Waals surface area contributed by atoms with E-state index in [2.05, 4.69) is 25.1 Å². The molecule has 0 saturated carbocycles. The first-order chi connectivity index (χ1) is 10.7. The Bertz CT molecular complexity index is 918. The molecule has 0 fully saturated rings. The summed E-state index contributed by atoms with van der Waals surface area (Å²) in [4.78, 5) is 0. The van der Waals surface area contributed by atoms with E-state index in [-0.39, 0.29) is 5.57 Å². The summed E-state index contributed by atoms with van der Waals surface area (Å²) in [6.45, 7) is 2.06. The fourth-order valence-electron chi connectivity index (χ4n) is 2.38. The lowest BCUT2D eigenvalue weighted by Crippen LogP contribution is -1.94. The lowest BCUT2D eigenvalue weighted by molar-refractivity contribution is 0.432. The molecule has 3 heteroatoms. The van der Waals surface area contributed by atoms with Crippen molar-refractivity contribution in [2.45, 2.75) is 6.92 Å². The van der Waals surface area contributed by atoms with Crippen molar-refractivity contribution in [3.63, 3.8) is 0 Å². The third kappa shape index (κ3) is 2.49. The molecule has 2 aromatic carbocycles. The average molecular weight is 284 g/mol. The van der Waals surface area contributed by atoms with Gasteiger partial charge in [-0.3, -0.25) is 0 Å². The maximum atomic E-state index is 8.97. The van der Waals surface area contributed by atoms with Gasteiger partial charge in [-0.1, -0.05) is 35.9 Å². The molecule has 1 aliphatic heterocycles. The van der Waals surface area contributed by atoms with Gasteiger partial charge in [-0.05, 0) is 35.9 Å². The molecule has 0 unspecified atom stereocenters. The van der Waals surface area contributed by atoms with Crippen molar-refractivity contribution >= 4 is 16.5 Å². The van der Waals surface area contributed by atoms with E-state index in [1.54, 1.807) is 12.2 Å². The number of hydrogen-bond acceptors (Lipinski definition) is 3. The minimum absolute atomic E-state index is 0.0773.